The molecular formula is C20H28N4O. The first-order valence-corrected chi connectivity index (χ1v) is 9.31. The van der Waals surface area contributed by atoms with Crippen molar-refractivity contribution < 1.29 is 4.79 Å². The largest absolute Gasteiger partial charge is 0.345 e. The first-order chi connectivity index (χ1) is 12.2. The molecule has 3 rings (SSSR count). The van der Waals surface area contributed by atoms with Gasteiger partial charge in [-0.25, -0.2) is 4.98 Å². The lowest BCUT2D eigenvalue weighted by Crippen LogP contribution is -2.40. The number of carbonyl (C=O) groups excluding carboxylic acids is 1. The van der Waals surface area contributed by atoms with Gasteiger partial charge in [-0.05, 0) is 24.8 Å². The summed E-state index contributed by atoms with van der Waals surface area (Å²) >= 11 is 0. The van der Waals surface area contributed by atoms with Crippen LogP contribution in [-0.4, -0.2) is 51.9 Å². The number of nitrogens with one attached hydrogen (secondary N) is 1. The van der Waals surface area contributed by atoms with E-state index in [2.05, 4.69) is 52.1 Å². The summed E-state index contributed by atoms with van der Waals surface area (Å²) in [4.78, 5) is 24.6. The number of amides is 1. The van der Waals surface area contributed by atoms with Gasteiger partial charge in [0.25, 0.3) is 0 Å². The van der Waals surface area contributed by atoms with Gasteiger partial charge in [0.15, 0.2) is 0 Å². The van der Waals surface area contributed by atoms with Crippen molar-refractivity contribution in [2.45, 2.75) is 39.2 Å². The van der Waals surface area contributed by atoms with Crippen LogP contribution in [0.5, 0.6) is 0 Å². The molecule has 1 aromatic carbocycles. The third-order valence-corrected chi connectivity index (χ3v) is 4.79. The lowest BCUT2D eigenvalue weighted by Gasteiger charge is -2.30. The van der Waals surface area contributed by atoms with Crippen LogP contribution in [0.1, 0.15) is 36.8 Å². The lowest BCUT2D eigenvalue weighted by molar-refractivity contribution is -0.131. The van der Waals surface area contributed by atoms with E-state index in [0.29, 0.717) is 6.42 Å². The number of H-pyrrole nitrogens is 1. The zero-order chi connectivity index (χ0) is 17.5. The Morgan fingerprint density at radius 1 is 1.12 bits per heavy atom. The highest BCUT2D eigenvalue weighted by Gasteiger charge is 2.18. The average Bonchev–Trinajstić information content (AvgIpc) is 3.05. The molecule has 0 atom stereocenters. The van der Waals surface area contributed by atoms with Gasteiger partial charge in [0.1, 0.15) is 5.82 Å². The summed E-state index contributed by atoms with van der Waals surface area (Å²) in [5, 5.41) is 0. The van der Waals surface area contributed by atoms with E-state index in [4.69, 9.17) is 0 Å². The van der Waals surface area contributed by atoms with Crippen LogP contribution in [0.4, 0.5) is 0 Å². The van der Waals surface area contributed by atoms with Crippen LogP contribution in [0.2, 0.25) is 0 Å². The maximum atomic E-state index is 12.6. The van der Waals surface area contributed by atoms with Crippen LogP contribution in [0.25, 0.3) is 0 Å². The summed E-state index contributed by atoms with van der Waals surface area (Å²) in [6, 6.07) is 10.6. The molecule has 5 nitrogen and oxygen atoms in total. The van der Waals surface area contributed by atoms with Crippen LogP contribution in [0.15, 0.2) is 36.5 Å². The predicted molar refractivity (Wildman–Crippen MR) is 99.2 cm³/mol. The molecule has 134 valence electrons. The van der Waals surface area contributed by atoms with E-state index in [9.17, 15) is 4.79 Å². The molecule has 2 heterocycles. The molecule has 0 aliphatic carbocycles. The van der Waals surface area contributed by atoms with Crippen LogP contribution in [0, 0.1) is 0 Å². The number of aromatic amines is 1. The van der Waals surface area contributed by atoms with Crippen molar-refractivity contribution in [1.29, 1.82) is 0 Å². The normalized spacial score (nSPS) is 16.4. The standard InChI is InChI=1S/C20H28N4O/c1-2-18-15-21-19(22-18)14-20(25)24-12-6-10-23(11-7-13-24)16-17-8-4-3-5-9-17/h3-5,8-9,15H,2,6-7,10-14,16H2,1H3,(H,21,22). The summed E-state index contributed by atoms with van der Waals surface area (Å²) in [6.07, 6.45) is 5.18. The molecule has 1 fully saturated rings. The molecule has 0 bridgehead atoms. The molecule has 1 amide bonds. The average molecular weight is 340 g/mol. The van der Waals surface area contributed by atoms with Gasteiger partial charge >= 0.3 is 0 Å². The predicted octanol–water partition coefficient (Wildman–Crippen LogP) is 2.64. The van der Waals surface area contributed by atoms with E-state index in [0.717, 1.165) is 63.5 Å². The molecule has 5 heteroatoms. The number of aromatic nitrogens is 2. The maximum Gasteiger partial charge on any atom is 0.230 e. The Labute approximate surface area is 150 Å². The van der Waals surface area contributed by atoms with Crippen molar-refractivity contribution in [3.63, 3.8) is 0 Å². The van der Waals surface area contributed by atoms with Gasteiger partial charge in [0.05, 0.1) is 6.42 Å². The molecule has 1 saturated heterocycles. The van der Waals surface area contributed by atoms with Crippen LogP contribution in [0.3, 0.4) is 0 Å². The Morgan fingerprint density at radius 2 is 1.84 bits per heavy atom. The van der Waals surface area contributed by atoms with E-state index >= 15 is 0 Å². The lowest BCUT2D eigenvalue weighted by atomic mass is 10.1. The monoisotopic (exact) mass is 340 g/mol. The third kappa shape index (κ3) is 5.16. The van der Waals surface area contributed by atoms with Crippen LogP contribution < -0.4 is 0 Å². The number of nitrogens with zero attached hydrogens (tertiary/aromatic N) is 3. The minimum absolute atomic E-state index is 0.188. The van der Waals surface area contributed by atoms with Crippen molar-refractivity contribution in [3.8, 4) is 0 Å². The fourth-order valence-electron chi connectivity index (χ4n) is 3.37. The number of hydrogen-bond acceptors (Lipinski definition) is 3. The first kappa shape index (κ1) is 17.7. The zero-order valence-corrected chi connectivity index (χ0v) is 15.1. The van der Waals surface area contributed by atoms with Gasteiger partial charge in [-0.1, -0.05) is 37.3 Å². The Kier molecular flexibility index (Phi) is 6.23. The summed E-state index contributed by atoms with van der Waals surface area (Å²) in [5.74, 6) is 0.975. The topological polar surface area (TPSA) is 52.2 Å². The first-order valence-electron chi connectivity index (χ1n) is 9.31. The van der Waals surface area contributed by atoms with Gasteiger partial charge < -0.3 is 9.88 Å². The molecule has 2 aromatic rings. The summed E-state index contributed by atoms with van der Waals surface area (Å²) in [5.41, 5.74) is 2.45. The maximum absolute atomic E-state index is 12.6. The number of rotatable bonds is 5. The highest BCUT2D eigenvalue weighted by Crippen LogP contribution is 2.11. The fourth-order valence-corrected chi connectivity index (χ4v) is 3.37. The molecular weight excluding hydrogens is 312 g/mol. The van der Waals surface area contributed by atoms with Crippen LogP contribution >= 0.6 is 0 Å². The van der Waals surface area contributed by atoms with Gasteiger partial charge in [-0.2, -0.15) is 0 Å². The van der Waals surface area contributed by atoms with Crippen molar-refractivity contribution in [3.05, 3.63) is 53.6 Å². The Bertz CT molecular complexity index is 657. The summed E-state index contributed by atoms with van der Waals surface area (Å²) in [6.45, 7) is 6.84. The highest BCUT2D eigenvalue weighted by molar-refractivity contribution is 5.78. The highest BCUT2D eigenvalue weighted by atomic mass is 16.2. The second kappa shape index (κ2) is 8.81. The second-order valence-electron chi connectivity index (χ2n) is 6.74. The molecule has 1 N–H and O–H groups in total. The summed E-state index contributed by atoms with van der Waals surface area (Å²) < 4.78 is 0. The Balaban J connectivity index is 1.48. The Morgan fingerprint density at radius 3 is 2.48 bits per heavy atom. The number of imidazole rings is 1. The van der Waals surface area contributed by atoms with Crippen LogP contribution in [-0.2, 0) is 24.2 Å². The van der Waals surface area contributed by atoms with Crippen molar-refractivity contribution in [2.75, 3.05) is 26.2 Å². The van der Waals surface area contributed by atoms with Crippen molar-refractivity contribution in [2.24, 2.45) is 0 Å². The van der Waals surface area contributed by atoms with Gasteiger partial charge in [-0.3, -0.25) is 9.69 Å². The van der Waals surface area contributed by atoms with E-state index < -0.39 is 0 Å². The second-order valence-corrected chi connectivity index (χ2v) is 6.74. The van der Waals surface area contributed by atoms with Crippen molar-refractivity contribution >= 4 is 5.91 Å². The molecule has 1 aromatic heterocycles. The smallest absolute Gasteiger partial charge is 0.230 e. The van der Waals surface area contributed by atoms with E-state index in [1.54, 1.807) is 0 Å². The minimum Gasteiger partial charge on any atom is -0.345 e. The van der Waals surface area contributed by atoms with E-state index in [1.807, 2.05) is 11.1 Å². The summed E-state index contributed by atoms with van der Waals surface area (Å²) in [7, 11) is 0. The molecule has 0 spiro atoms. The van der Waals surface area contributed by atoms with Crippen molar-refractivity contribution in [1.82, 2.24) is 19.8 Å². The third-order valence-electron chi connectivity index (χ3n) is 4.79. The van der Waals surface area contributed by atoms with Gasteiger partial charge in [0.2, 0.25) is 5.91 Å². The quantitative estimate of drug-likeness (QED) is 0.910. The number of benzene rings is 1. The van der Waals surface area contributed by atoms with Gasteiger partial charge in [-0.15, -0.1) is 0 Å². The number of carbonyl (C=O) groups is 1. The van der Waals surface area contributed by atoms with E-state index in [1.165, 1.54) is 5.56 Å². The van der Waals surface area contributed by atoms with Gasteiger partial charge in [0, 0.05) is 44.6 Å². The Hall–Kier alpha value is -2.14. The number of hydrogen-bond donors (Lipinski definition) is 1. The number of aryl methyl sites for hydroxylation is 1. The molecule has 1 aliphatic rings. The molecule has 1 aliphatic heterocycles. The fraction of sp³-hybridized carbons (Fsp3) is 0.500. The zero-order valence-electron chi connectivity index (χ0n) is 15.1. The van der Waals surface area contributed by atoms with E-state index in [-0.39, 0.29) is 5.91 Å². The molecule has 0 unspecified atom stereocenters. The molecule has 0 radical (unpaired) electrons. The molecule has 25 heavy (non-hydrogen) atoms. The SMILES string of the molecule is CCc1cnc(CC(=O)N2CCCN(Cc3ccccc3)CCC2)[nH]1. The molecule has 0 saturated carbocycles. The minimum atomic E-state index is 0.188.